The molecule has 0 fully saturated rings. The van der Waals surface area contributed by atoms with Crippen LogP contribution in [0.3, 0.4) is 0 Å². The Kier molecular flexibility index (Phi) is 6.65. The predicted molar refractivity (Wildman–Crippen MR) is 103 cm³/mol. The lowest BCUT2D eigenvalue weighted by molar-refractivity contribution is -0.131. The van der Waals surface area contributed by atoms with Crippen molar-refractivity contribution in [1.29, 1.82) is 0 Å². The summed E-state index contributed by atoms with van der Waals surface area (Å²) >= 11 is 1.24. The number of carbonyl (C=O) groups is 2. The first-order valence-electron chi connectivity index (χ1n) is 8.08. The molecule has 0 aliphatic heterocycles. The van der Waals surface area contributed by atoms with E-state index in [4.69, 9.17) is 4.74 Å². The van der Waals surface area contributed by atoms with Gasteiger partial charge in [-0.25, -0.2) is 0 Å². The van der Waals surface area contributed by atoms with Crippen LogP contribution in [0, 0.1) is 27.7 Å². The molecule has 2 aromatic rings. The molecule has 25 heavy (non-hydrogen) atoms. The molecule has 0 bridgehead atoms. The first-order chi connectivity index (χ1) is 11.8. The summed E-state index contributed by atoms with van der Waals surface area (Å²) in [5.41, 5.74) is 4.90. The largest absolute Gasteiger partial charge is 0.425 e. The molecular weight excluding hydrogens is 334 g/mol. The molecule has 0 aliphatic rings. The molecule has 0 aliphatic carbocycles. The third-order valence-electron chi connectivity index (χ3n) is 3.61. The maximum atomic E-state index is 12.0. The number of esters is 1. The molecule has 0 heterocycles. The van der Waals surface area contributed by atoms with Crippen LogP contribution in [0.1, 0.15) is 22.3 Å². The van der Waals surface area contributed by atoms with Crippen LogP contribution in [-0.4, -0.2) is 23.4 Å². The summed E-state index contributed by atoms with van der Waals surface area (Å²) in [7, 11) is 0. The molecule has 0 saturated heterocycles. The molecule has 0 unspecified atom stereocenters. The van der Waals surface area contributed by atoms with Crippen molar-refractivity contribution in [3.8, 4) is 5.75 Å². The fourth-order valence-electron chi connectivity index (χ4n) is 2.53. The monoisotopic (exact) mass is 357 g/mol. The minimum atomic E-state index is -0.344. The van der Waals surface area contributed by atoms with E-state index in [1.165, 1.54) is 11.8 Å². The summed E-state index contributed by atoms with van der Waals surface area (Å²) in [6, 6.07) is 11.6. The third-order valence-corrected chi connectivity index (χ3v) is 4.52. The Balaban J connectivity index is 1.78. The summed E-state index contributed by atoms with van der Waals surface area (Å²) < 4.78 is 5.45. The molecule has 0 atom stereocenters. The topological polar surface area (TPSA) is 55.4 Å². The molecule has 1 N–H and O–H groups in total. The molecule has 4 nitrogen and oxygen atoms in total. The van der Waals surface area contributed by atoms with Crippen molar-refractivity contribution in [2.75, 3.05) is 16.8 Å². The Bertz CT molecular complexity index is 746. The molecule has 2 rings (SSSR count). The smallest absolute Gasteiger partial charge is 0.321 e. The van der Waals surface area contributed by atoms with E-state index < -0.39 is 0 Å². The normalized spacial score (nSPS) is 10.4. The summed E-state index contributed by atoms with van der Waals surface area (Å²) in [4.78, 5) is 23.9. The second-order valence-corrected chi connectivity index (χ2v) is 7.09. The van der Waals surface area contributed by atoms with Gasteiger partial charge < -0.3 is 10.1 Å². The van der Waals surface area contributed by atoms with Gasteiger partial charge in [-0.2, -0.15) is 0 Å². The highest BCUT2D eigenvalue weighted by atomic mass is 32.2. The van der Waals surface area contributed by atoms with Gasteiger partial charge in [0.1, 0.15) is 5.75 Å². The van der Waals surface area contributed by atoms with Crippen LogP contribution in [0.5, 0.6) is 5.75 Å². The van der Waals surface area contributed by atoms with E-state index in [1.54, 1.807) is 0 Å². The second kappa shape index (κ2) is 8.72. The van der Waals surface area contributed by atoms with Crippen molar-refractivity contribution < 1.29 is 14.3 Å². The molecule has 2 aromatic carbocycles. The van der Waals surface area contributed by atoms with E-state index in [0.717, 1.165) is 27.9 Å². The van der Waals surface area contributed by atoms with E-state index in [9.17, 15) is 9.59 Å². The Labute approximate surface area is 153 Å². The lowest BCUT2D eigenvalue weighted by Crippen LogP contribution is -2.17. The van der Waals surface area contributed by atoms with Crippen LogP contribution in [0.2, 0.25) is 0 Å². The van der Waals surface area contributed by atoms with E-state index in [1.807, 2.05) is 64.1 Å². The third kappa shape index (κ3) is 5.94. The molecule has 0 radical (unpaired) electrons. The maximum absolute atomic E-state index is 12.0. The van der Waals surface area contributed by atoms with Gasteiger partial charge in [-0.05, 0) is 51.0 Å². The zero-order valence-corrected chi connectivity index (χ0v) is 15.8. The van der Waals surface area contributed by atoms with Gasteiger partial charge in [0.15, 0.2) is 0 Å². The minimum Gasteiger partial charge on any atom is -0.425 e. The summed E-state index contributed by atoms with van der Waals surface area (Å²) in [5, 5.41) is 2.81. The van der Waals surface area contributed by atoms with E-state index in [-0.39, 0.29) is 23.4 Å². The van der Waals surface area contributed by atoms with Crippen molar-refractivity contribution in [2.24, 2.45) is 0 Å². The number of thioether (sulfide) groups is 1. The van der Waals surface area contributed by atoms with E-state index in [0.29, 0.717) is 5.75 Å². The van der Waals surface area contributed by atoms with Crippen molar-refractivity contribution >= 4 is 29.3 Å². The molecular formula is C20H23NO3S. The van der Waals surface area contributed by atoms with Gasteiger partial charge in [0.2, 0.25) is 5.91 Å². The van der Waals surface area contributed by atoms with Gasteiger partial charge in [-0.15, -0.1) is 11.8 Å². The molecule has 0 saturated carbocycles. The SMILES string of the molecule is Cc1ccc(NC(=O)CSCC(=O)Oc2c(C)cc(C)cc2C)cc1. The van der Waals surface area contributed by atoms with Gasteiger partial charge in [0.25, 0.3) is 0 Å². The van der Waals surface area contributed by atoms with Gasteiger partial charge in [0, 0.05) is 5.69 Å². The van der Waals surface area contributed by atoms with Gasteiger partial charge in [-0.3, -0.25) is 9.59 Å². The van der Waals surface area contributed by atoms with Crippen molar-refractivity contribution in [2.45, 2.75) is 27.7 Å². The first kappa shape index (κ1) is 19.1. The zero-order valence-electron chi connectivity index (χ0n) is 15.0. The summed E-state index contributed by atoms with van der Waals surface area (Å²) in [6.07, 6.45) is 0. The number of amides is 1. The second-order valence-electron chi connectivity index (χ2n) is 6.11. The van der Waals surface area contributed by atoms with Gasteiger partial charge in [-0.1, -0.05) is 35.4 Å². The number of aryl methyl sites for hydroxylation is 4. The fourth-order valence-corrected chi connectivity index (χ4v) is 3.12. The van der Waals surface area contributed by atoms with Crippen molar-refractivity contribution in [1.82, 2.24) is 0 Å². The lowest BCUT2D eigenvalue weighted by Gasteiger charge is -2.11. The Hall–Kier alpha value is -2.27. The summed E-state index contributed by atoms with van der Waals surface area (Å²) in [5.74, 6) is 0.468. The Morgan fingerprint density at radius 1 is 0.920 bits per heavy atom. The number of hydrogen-bond acceptors (Lipinski definition) is 4. The number of nitrogens with one attached hydrogen (secondary N) is 1. The van der Waals surface area contributed by atoms with Crippen LogP contribution < -0.4 is 10.1 Å². The lowest BCUT2D eigenvalue weighted by atomic mass is 10.1. The zero-order chi connectivity index (χ0) is 18.4. The number of carbonyl (C=O) groups excluding carboxylic acids is 2. The van der Waals surface area contributed by atoms with Crippen LogP contribution >= 0.6 is 11.8 Å². The molecule has 132 valence electrons. The van der Waals surface area contributed by atoms with Gasteiger partial charge in [0.05, 0.1) is 11.5 Å². The van der Waals surface area contributed by atoms with Crippen molar-refractivity contribution in [3.05, 3.63) is 58.7 Å². The van der Waals surface area contributed by atoms with E-state index >= 15 is 0 Å². The highest BCUT2D eigenvalue weighted by Crippen LogP contribution is 2.25. The number of hydrogen-bond donors (Lipinski definition) is 1. The predicted octanol–water partition coefficient (Wildman–Crippen LogP) is 4.20. The first-order valence-corrected chi connectivity index (χ1v) is 9.23. The maximum Gasteiger partial charge on any atom is 0.321 e. The highest BCUT2D eigenvalue weighted by Gasteiger charge is 2.12. The number of rotatable bonds is 6. The van der Waals surface area contributed by atoms with Crippen LogP contribution in [0.25, 0.3) is 0 Å². The molecule has 5 heteroatoms. The molecule has 1 amide bonds. The number of ether oxygens (including phenoxy) is 1. The molecule has 0 spiro atoms. The molecule has 0 aromatic heterocycles. The average molecular weight is 357 g/mol. The fraction of sp³-hybridized carbons (Fsp3) is 0.300. The Morgan fingerprint density at radius 3 is 2.12 bits per heavy atom. The standard InChI is InChI=1S/C20H23NO3S/c1-13-5-7-17(8-6-13)21-18(22)11-25-12-19(23)24-20-15(3)9-14(2)10-16(20)4/h5-10H,11-12H2,1-4H3,(H,21,22). The van der Waals surface area contributed by atoms with Gasteiger partial charge >= 0.3 is 5.97 Å². The van der Waals surface area contributed by atoms with Crippen molar-refractivity contribution in [3.63, 3.8) is 0 Å². The number of anilines is 1. The minimum absolute atomic E-state index is 0.133. The highest BCUT2D eigenvalue weighted by molar-refractivity contribution is 8.00. The quantitative estimate of drug-likeness (QED) is 0.622. The van der Waals surface area contributed by atoms with E-state index in [2.05, 4.69) is 5.32 Å². The summed E-state index contributed by atoms with van der Waals surface area (Å²) in [6.45, 7) is 7.84. The van der Waals surface area contributed by atoms with Crippen LogP contribution in [0.4, 0.5) is 5.69 Å². The van der Waals surface area contributed by atoms with Crippen LogP contribution in [0.15, 0.2) is 36.4 Å². The number of benzene rings is 2. The average Bonchev–Trinajstić information content (AvgIpc) is 2.53. The Morgan fingerprint density at radius 2 is 1.52 bits per heavy atom. The van der Waals surface area contributed by atoms with Crippen LogP contribution in [-0.2, 0) is 9.59 Å².